The molecule has 0 unspecified atom stereocenters. The minimum atomic E-state index is 0.0163. The second-order valence-electron chi connectivity index (χ2n) is 8.20. The van der Waals surface area contributed by atoms with E-state index in [1.165, 1.54) is 22.5 Å². The van der Waals surface area contributed by atoms with Crippen LogP contribution in [0.2, 0.25) is 0 Å². The van der Waals surface area contributed by atoms with E-state index in [4.69, 9.17) is 9.47 Å². The Labute approximate surface area is 195 Å². The molecule has 0 radical (unpaired) electrons. The van der Waals surface area contributed by atoms with Gasteiger partial charge in [0.1, 0.15) is 6.17 Å². The van der Waals surface area contributed by atoms with Gasteiger partial charge in [0, 0.05) is 13.1 Å². The van der Waals surface area contributed by atoms with E-state index < -0.39 is 0 Å². The molecule has 4 aromatic rings. The third-order valence-electron chi connectivity index (χ3n) is 6.19. The van der Waals surface area contributed by atoms with Crippen LogP contribution in [0.25, 0.3) is 0 Å². The number of rotatable bonds is 7. The number of benzene rings is 4. The number of nitrogens with zero attached hydrogens (tertiary/aromatic N) is 2. The van der Waals surface area contributed by atoms with Crippen molar-refractivity contribution in [2.24, 2.45) is 0 Å². The van der Waals surface area contributed by atoms with Gasteiger partial charge in [-0.15, -0.1) is 0 Å². The second kappa shape index (κ2) is 9.29. The Bertz CT molecular complexity index is 1140. The van der Waals surface area contributed by atoms with Crippen molar-refractivity contribution in [1.82, 2.24) is 0 Å². The number of hydrogen-bond donors (Lipinski definition) is 0. The van der Waals surface area contributed by atoms with Crippen LogP contribution < -0.4 is 19.3 Å². The average Bonchev–Trinajstić information content (AvgIpc) is 3.17. The van der Waals surface area contributed by atoms with Crippen LogP contribution in [0.3, 0.4) is 0 Å². The molecule has 1 aliphatic heterocycles. The summed E-state index contributed by atoms with van der Waals surface area (Å²) in [7, 11) is 3.36. The Hall–Kier alpha value is -3.92. The van der Waals surface area contributed by atoms with E-state index in [1.807, 2.05) is 6.07 Å². The molecular formula is C29H28N2O2. The standard InChI is InChI=1S/C29H28N2O2/c1-32-27-18-17-24(19-28(27)33-2)29-30(20-22-11-5-3-6-12-22)25-15-9-10-16-26(25)31(29)21-23-13-7-4-8-14-23/h3-19,29H,20-21H2,1-2H3. The summed E-state index contributed by atoms with van der Waals surface area (Å²) in [5, 5.41) is 0. The first-order valence-electron chi connectivity index (χ1n) is 11.2. The number of methoxy groups -OCH3 is 2. The first kappa shape index (κ1) is 21.0. The van der Waals surface area contributed by atoms with Crippen LogP contribution in [0.15, 0.2) is 103 Å². The van der Waals surface area contributed by atoms with Crippen LogP contribution in [0.1, 0.15) is 22.9 Å². The molecule has 0 aromatic heterocycles. The van der Waals surface area contributed by atoms with Crippen molar-refractivity contribution < 1.29 is 9.47 Å². The van der Waals surface area contributed by atoms with E-state index in [2.05, 4.69) is 107 Å². The van der Waals surface area contributed by atoms with Crippen LogP contribution in [0.4, 0.5) is 11.4 Å². The van der Waals surface area contributed by atoms with Crippen molar-refractivity contribution in [3.05, 3.63) is 120 Å². The maximum Gasteiger partial charge on any atom is 0.161 e. The van der Waals surface area contributed by atoms with E-state index >= 15 is 0 Å². The summed E-state index contributed by atoms with van der Waals surface area (Å²) < 4.78 is 11.2. The van der Waals surface area contributed by atoms with Gasteiger partial charge in [-0.25, -0.2) is 0 Å². The summed E-state index contributed by atoms with van der Waals surface area (Å²) in [6.07, 6.45) is 0.0163. The van der Waals surface area contributed by atoms with Crippen LogP contribution in [-0.4, -0.2) is 14.2 Å². The van der Waals surface area contributed by atoms with Crippen molar-refractivity contribution in [2.75, 3.05) is 24.0 Å². The highest BCUT2D eigenvalue weighted by Gasteiger charge is 2.37. The zero-order chi connectivity index (χ0) is 22.6. The molecule has 5 rings (SSSR count). The van der Waals surface area contributed by atoms with Crippen molar-refractivity contribution in [3.8, 4) is 11.5 Å². The Kier molecular flexibility index (Phi) is 5.90. The molecule has 4 nitrogen and oxygen atoms in total. The van der Waals surface area contributed by atoms with Crippen LogP contribution in [0, 0.1) is 0 Å². The topological polar surface area (TPSA) is 24.9 Å². The van der Waals surface area contributed by atoms with Gasteiger partial charge >= 0.3 is 0 Å². The molecule has 1 heterocycles. The highest BCUT2D eigenvalue weighted by molar-refractivity contribution is 5.78. The van der Waals surface area contributed by atoms with Gasteiger partial charge in [-0.3, -0.25) is 0 Å². The lowest BCUT2D eigenvalue weighted by molar-refractivity contribution is 0.354. The molecule has 0 amide bonds. The van der Waals surface area contributed by atoms with Crippen molar-refractivity contribution in [1.29, 1.82) is 0 Å². The lowest BCUT2D eigenvalue weighted by Crippen LogP contribution is -2.35. The van der Waals surface area contributed by atoms with Crippen molar-refractivity contribution >= 4 is 11.4 Å². The average molecular weight is 437 g/mol. The SMILES string of the molecule is COc1ccc(C2N(Cc3ccccc3)c3ccccc3N2Cc2ccccc2)cc1OC. The predicted octanol–water partition coefficient (Wildman–Crippen LogP) is 6.43. The summed E-state index contributed by atoms with van der Waals surface area (Å²) >= 11 is 0. The molecule has 4 heteroatoms. The lowest BCUT2D eigenvalue weighted by atomic mass is 10.1. The molecule has 0 spiro atoms. The maximum atomic E-state index is 5.66. The van der Waals surface area contributed by atoms with E-state index in [-0.39, 0.29) is 6.17 Å². The molecule has 0 bridgehead atoms. The van der Waals surface area contributed by atoms with Gasteiger partial charge in [-0.05, 0) is 41.0 Å². The molecule has 0 N–H and O–H groups in total. The fourth-order valence-corrected chi connectivity index (χ4v) is 4.66. The molecule has 1 aliphatic rings. The molecular weight excluding hydrogens is 408 g/mol. The summed E-state index contributed by atoms with van der Waals surface area (Å²) in [6.45, 7) is 1.62. The third kappa shape index (κ3) is 4.12. The molecule has 0 fully saturated rings. The van der Waals surface area contributed by atoms with Crippen molar-refractivity contribution in [3.63, 3.8) is 0 Å². The van der Waals surface area contributed by atoms with Gasteiger partial charge in [0.2, 0.25) is 0 Å². The zero-order valence-corrected chi connectivity index (χ0v) is 19.0. The van der Waals surface area contributed by atoms with E-state index in [9.17, 15) is 0 Å². The van der Waals surface area contributed by atoms with E-state index in [0.717, 1.165) is 30.2 Å². The van der Waals surface area contributed by atoms with E-state index in [1.54, 1.807) is 14.2 Å². The molecule has 4 aromatic carbocycles. The van der Waals surface area contributed by atoms with Crippen LogP contribution in [-0.2, 0) is 13.1 Å². The highest BCUT2D eigenvalue weighted by atomic mass is 16.5. The Balaban J connectivity index is 1.63. The summed E-state index contributed by atoms with van der Waals surface area (Å²) in [6, 6.07) is 36.2. The maximum absolute atomic E-state index is 5.66. The number of hydrogen-bond acceptors (Lipinski definition) is 4. The third-order valence-corrected chi connectivity index (χ3v) is 6.19. The first-order valence-corrected chi connectivity index (χ1v) is 11.2. The van der Waals surface area contributed by atoms with Gasteiger partial charge < -0.3 is 19.3 Å². The van der Waals surface area contributed by atoms with Crippen molar-refractivity contribution in [2.45, 2.75) is 19.3 Å². The Morgan fingerprint density at radius 3 is 1.55 bits per heavy atom. The van der Waals surface area contributed by atoms with Crippen LogP contribution in [0.5, 0.6) is 11.5 Å². The minimum Gasteiger partial charge on any atom is -0.493 e. The smallest absolute Gasteiger partial charge is 0.161 e. The fraction of sp³-hybridized carbons (Fsp3) is 0.172. The summed E-state index contributed by atoms with van der Waals surface area (Å²) in [4.78, 5) is 4.96. The molecule has 0 saturated heterocycles. The monoisotopic (exact) mass is 436 g/mol. The Morgan fingerprint density at radius 1 is 0.576 bits per heavy atom. The van der Waals surface area contributed by atoms with Gasteiger partial charge in [0.25, 0.3) is 0 Å². The van der Waals surface area contributed by atoms with Gasteiger partial charge in [-0.2, -0.15) is 0 Å². The fourth-order valence-electron chi connectivity index (χ4n) is 4.66. The lowest BCUT2D eigenvalue weighted by Gasteiger charge is -2.34. The summed E-state index contributed by atoms with van der Waals surface area (Å²) in [5.41, 5.74) is 6.18. The van der Waals surface area contributed by atoms with Gasteiger partial charge in [0.05, 0.1) is 25.6 Å². The number of para-hydroxylation sites is 2. The largest absolute Gasteiger partial charge is 0.493 e. The normalized spacial score (nSPS) is 13.2. The molecule has 0 saturated carbocycles. The number of ether oxygens (including phenoxy) is 2. The molecule has 0 aliphatic carbocycles. The zero-order valence-electron chi connectivity index (χ0n) is 19.0. The van der Waals surface area contributed by atoms with Crippen LogP contribution >= 0.6 is 0 Å². The Morgan fingerprint density at radius 2 is 1.06 bits per heavy atom. The molecule has 33 heavy (non-hydrogen) atoms. The quantitative estimate of drug-likeness (QED) is 0.333. The van der Waals surface area contributed by atoms with E-state index in [0.29, 0.717) is 0 Å². The van der Waals surface area contributed by atoms with Gasteiger partial charge in [-0.1, -0.05) is 78.9 Å². The second-order valence-corrected chi connectivity index (χ2v) is 8.20. The first-order chi connectivity index (χ1) is 16.3. The minimum absolute atomic E-state index is 0.0163. The highest BCUT2D eigenvalue weighted by Crippen LogP contribution is 2.48. The predicted molar refractivity (Wildman–Crippen MR) is 134 cm³/mol. The number of anilines is 2. The number of fused-ring (bicyclic) bond motifs is 1. The summed E-state index contributed by atoms with van der Waals surface area (Å²) in [5.74, 6) is 1.48. The van der Waals surface area contributed by atoms with Gasteiger partial charge in [0.15, 0.2) is 11.5 Å². The molecule has 0 atom stereocenters. The molecule has 166 valence electrons.